The van der Waals surface area contributed by atoms with Crippen LogP contribution in [0.5, 0.6) is 0 Å². The number of nitriles is 1. The summed E-state index contributed by atoms with van der Waals surface area (Å²) in [5.41, 5.74) is 1.13. The summed E-state index contributed by atoms with van der Waals surface area (Å²) in [5.74, 6) is -0.277. The van der Waals surface area contributed by atoms with Gasteiger partial charge >= 0.3 is 0 Å². The summed E-state index contributed by atoms with van der Waals surface area (Å²) >= 11 is 5.80. The van der Waals surface area contributed by atoms with Crippen molar-refractivity contribution >= 4 is 39.0 Å². The number of aromatic nitrogens is 1. The summed E-state index contributed by atoms with van der Waals surface area (Å²) < 4.78 is 26.8. The van der Waals surface area contributed by atoms with Crippen molar-refractivity contribution in [3.63, 3.8) is 0 Å². The molecule has 0 aliphatic carbocycles. The number of carbonyl (C=O) groups excluding carboxylic acids is 1. The topological polar surface area (TPSA) is 103 Å². The van der Waals surface area contributed by atoms with E-state index in [4.69, 9.17) is 16.9 Å². The molecular weight excluding hydrogens is 412 g/mol. The molecule has 0 aliphatic rings. The number of carbonyl (C=O) groups is 1. The van der Waals surface area contributed by atoms with Crippen LogP contribution in [0.2, 0.25) is 5.02 Å². The Balaban J connectivity index is 1.84. The molecule has 0 fully saturated rings. The van der Waals surface area contributed by atoms with E-state index in [1.165, 1.54) is 49.6 Å². The lowest BCUT2D eigenvalue weighted by Gasteiger charge is -2.18. The van der Waals surface area contributed by atoms with Gasteiger partial charge in [0.05, 0.1) is 21.6 Å². The van der Waals surface area contributed by atoms with Crippen molar-refractivity contribution in [3.05, 3.63) is 83.0 Å². The monoisotopic (exact) mass is 426 g/mol. The summed E-state index contributed by atoms with van der Waals surface area (Å²) in [6.07, 6.45) is 1.35. The fraction of sp³-hybridized carbons (Fsp3) is 0.0500. The summed E-state index contributed by atoms with van der Waals surface area (Å²) in [4.78, 5) is 16.5. The fourth-order valence-corrected chi connectivity index (χ4v) is 3.77. The van der Waals surface area contributed by atoms with E-state index in [1.807, 2.05) is 6.07 Å². The number of hydrogen-bond acceptors (Lipinski definition) is 5. The molecule has 2 aromatic carbocycles. The van der Waals surface area contributed by atoms with Gasteiger partial charge in [0.15, 0.2) is 0 Å². The molecule has 1 N–H and O–H groups in total. The maximum absolute atomic E-state index is 12.9. The molecule has 1 amide bonds. The van der Waals surface area contributed by atoms with E-state index < -0.39 is 15.9 Å². The molecule has 0 saturated heterocycles. The van der Waals surface area contributed by atoms with E-state index in [2.05, 4.69) is 10.3 Å². The number of benzene rings is 2. The molecule has 0 spiro atoms. The largest absolute Gasteiger partial charge is 0.322 e. The van der Waals surface area contributed by atoms with Gasteiger partial charge in [-0.25, -0.2) is 13.4 Å². The Bertz CT molecular complexity index is 1190. The Morgan fingerprint density at radius 3 is 2.48 bits per heavy atom. The average Bonchev–Trinajstić information content (AvgIpc) is 2.74. The second kappa shape index (κ2) is 8.31. The van der Waals surface area contributed by atoms with Crippen molar-refractivity contribution < 1.29 is 13.2 Å². The standard InChI is InChI=1S/C20H15ClN4O3S/c1-25(19-10-7-16(21)13-23-19)29(27,28)18-4-2-3-15(11-18)20(26)24-17-8-5-14(12-22)6-9-17/h2-11,13H,1H3,(H,24,26). The lowest BCUT2D eigenvalue weighted by molar-refractivity contribution is 0.102. The van der Waals surface area contributed by atoms with Gasteiger partial charge in [-0.3, -0.25) is 9.10 Å². The van der Waals surface area contributed by atoms with E-state index in [9.17, 15) is 13.2 Å². The minimum absolute atomic E-state index is 0.0516. The van der Waals surface area contributed by atoms with Crippen molar-refractivity contribution in [1.29, 1.82) is 5.26 Å². The van der Waals surface area contributed by atoms with Gasteiger partial charge in [0, 0.05) is 24.5 Å². The van der Waals surface area contributed by atoms with Crippen LogP contribution in [0.15, 0.2) is 71.8 Å². The number of anilines is 2. The molecule has 9 heteroatoms. The van der Waals surface area contributed by atoms with Crippen LogP contribution in [0.3, 0.4) is 0 Å². The van der Waals surface area contributed by atoms with Crippen molar-refractivity contribution in [2.24, 2.45) is 0 Å². The van der Waals surface area contributed by atoms with Crippen LogP contribution >= 0.6 is 11.6 Å². The summed E-state index contributed by atoms with van der Waals surface area (Å²) in [6, 6.07) is 17.1. The Kier molecular flexibility index (Phi) is 5.82. The quantitative estimate of drug-likeness (QED) is 0.670. The minimum atomic E-state index is -3.93. The molecule has 1 aromatic heterocycles. The number of rotatable bonds is 5. The molecule has 7 nitrogen and oxygen atoms in total. The van der Waals surface area contributed by atoms with Crippen LogP contribution in [-0.2, 0) is 10.0 Å². The summed E-state index contributed by atoms with van der Waals surface area (Å²) in [6.45, 7) is 0. The lowest BCUT2D eigenvalue weighted by Crippen LogP contribution is -2.27. The predicted octanol–water partition coefficient (Wildman–Crippen LogP) is 3.68. The third-order valence-electron chi connectivity index (χ3n) is 4.06. The summed E-state index contributed by atoms with van der Waals surface area (Å²) in [5, 5.41) is 11.9. The van der Waals surface area contributed by atoms with Crippen LogP contribution < -0.4 is 9.62 Å². The van der Waals surface area contributed by atoms with Crippen molar-refractivity contribution in [1.82, 2.24) is 4.98 Å². The molecule has 0 unspecified atom stereocenters. The van der Waals surface area contributed by atoms with Crippen LogP contribution in [0.25, 0.3) is 0 Å². The summed E-state index contributed by atoms with van der Waals surface area (Å²) in [7, 11) is -2.56. The number of nitrogens with one attached hydrogen (secondary N) is 1. The Hall–Kier alpha value is -3.41. The van der Waals surface area contributed by atoms with Gasteiger partial charge in [0.25, 0.3) is 15.9 Å². The van der Waals surface area contributed by atoms with Crippen LogP contribution in [0.4, 0.5) is 11.5 Å². The van der Waals surface area contributed by atoms with Crippen molar-refractivity contribution in [2.45, 2.75) is 4.90 Å². The van der Waals surface area contributed by atoms with Gasteiger partial charge in [-0.1, -0.05) is 17.7 Å². The maximum atomic E-state index is 12.9. The number of amides is 1. The highest BCUT2D eigenvalue weighted by Gasteiger charge is 2.23. The first kappa shape index (κ1) is 20.3. The first-order valence-electron chi connectivity index (χ1n) is 8.33. The van der Waals surface area contributed by atoms with Crippen LogP contribution in [0, 0.1) is 11.3 Å². The zero-order valence-electron chi connectivity index (χ0n) is 15.2. The Morgan fingerprint density at radius 2 is 1.86 bits per heavy atom. The molecule has 0 atom stereocenters. The minimum Gasteiger partial charge on any atom is -0.322 e. The maximum Gasteiger partial charge on any atom is 0.265 e. The van der Waals surface area contributed by atoms with Crippen molar-refractivity contribution in [2.75, 3.05) is 16.7 Å². The molecule has 0 bridgehead atoms. The van der Waals surface area contributed by atoms with Gasteiger partial charge in [-0.2, -0.15) is 5.26 Å². The lowest BCUT2D eigenvalue weighted by atomic mass is 10.2. The van der Waals surface area contributed by atoms with Gasteiger partial charge in [0.1, 0.15) is 5.82 Å². The molecule has 0 radical (unpaired) electrons. The van der Waals surface area contributed by atoms with Gasteiger partial charge in [-0.15, -0.1) is 0 Å². The van der Waals surface area contributed by atoms with Crippen molar-refractivity contribution in [3.8, 4) is 6.07 Å². The van der Waals surface area contributed by atoms with E-state index in [0.717, 1.165) is 4.31 Å². The molecule has 3 rings (SSSR count). The number of pyridine rings is 1. The Labute approximate surface area is 173 Å². The van der Waals surface area contributed by atoms with E-state index in [0.29, 0.717) is 16.3 Å². The fourth-order valence-electron chi connectivity index (χ4n) is 2.46. The third-order valence-corrected chi connectivity index (χ3v) is 6.04. The van der Waals surface area contributed by atoms with Gasteiger partial charge < -0.3 is 5.32 Å². The smallest absolute Gasteiger partial charge is 0.265 e. The first-order valence-corrected chi connectivity index (χ1v) is 10.1. The highest BCUT2D eigenvalue weighted by molar-refractivity contribution is 7.92. The normalized spacial score (nSPS) is 10.8. The highest BCUT2D eigenvalue weighted by atomic mass is 35.5. The zero-order valence-corrected chi connectivity index (χ0v) is 16.8. The van der Waals surface area contributed by atoms with Crippen LogP contribution in [0.1, 0.15) is 15.9 Å². The second-order valence-corrected chi connectivity index (χ2v) is 8.38. The number of nitrogens with zero attached hydrogens (tertiary/aromatic N) is 3. The Morgan fingerprint density at radius 1 is 1.14 bits per heavy atom. The third kappa shape index (κ3) is 4.54. The van der Waals surface area contributed by atoms with Gasteiger partial charge in [-0.05, 0) is 54.6 Å². The molecule has 29 heavy (non-hydrogen) atoms. The molecule has 0 saturated carbocycles. The SMILES string of the molecule is CN(c1ccc(Cl)cn1)S(=O)(=O)c1cccc(C(=O)Nc2ccc(C#N)cc2)c1. The van der Waals surface area contributed by atoms with E-state index in [-0.39, 0.29) is 16.3 Å². The zero-order chi connectivity index (χ0) is 21.0. The van der Waals surface area contributed by atoms with E-state index in [1.54, 1.807) is 24.3 Å². The number of halogens is 1. The average molecular weight is 427 g/mol. The molecule has 3 aromatic rings. The second-order valence-electron chi connectivity index (χ2n) is 5.98. The molecule has 146 valence electrons. The number of sulfonamides is 1. The van der Waals surface area contributed by atoms with Gasteiger partial charge in [0.2, 0.25) is 0 Å². The molecular formula is C20H15ClN4O3S. The predicted molar refractivity (Wildman–Crippen MR) is 110 cm³/mol. The van der Waals surface area contributed by atoms with Crippen LogP contribution in [-0.4, -0.2) is 26.4 Å². The first-order chi connectivity index (χ1) is 13.8. The molecule has 0 aliphatic heterocycles. The molecule has 1 heterocycles. The van der Waals surface area contributed by atoms with E-state index >= 15 is 0 Å². The number of hydrogen-bond donors (Lipinski definition) is 1. The highest BCUT2D eigenvalue weighted by Crippen LogP contribution is 2.22.